The van der Waals surface area contributed by atoms with Crippen LogP contribution in [0, 0.1) is 0 Å². The molecule has 2 rings (SSSR count). The highest BCUT2D eigenvalue weighted by molar-refractivity contribution is 7.92. The summed E-state index contributed by atoms with van der Waals surface area (Å²) >= 11 is 6.06. The van der Waals surface area contributed by atoms with Crippen molar-refractivity contribution in [3.8, 4) is 0 Å². The average Bonchev–Trinajstić information content (AvgIpc) is 2.58. The maximum atomic E-state index is 12.6. The highest BCUT2D eigenvalue weighted by Gasteiger charge is 2.19. The van der Waals surface area contributed by atoms with Crippen LogP contribution >= 0.6 is 11.6 Å². The first-order valence-electron chi connectivity index (χ1n) is 7.33. The first-order valence-corrected chi connectivity index (χ1v) is 9.21. The summed E-state index contributed by atoms with van der Waals surface area (Å²) in [4.78, 5) is 4.02. The van der Waals surface area contributed by atoms with E-state index < -0.39 is 10.0 Å². The lowest BCUT2D eigenvalue weighted by atomic mass is 10.2. The monoisotopic (exact) mass is 366 g/mol. The van der Waals surface area contributed by atoms with Gasteiger partial charge in [0, 0.05) is 43.0 Å². The summed E-state index contributed by atoms with van der Waals surface area (Å²) in [5.74, 6) is 0. The van der Waals surface area contributed by atoms with Crippen molar-refractivity contribution >= 4 is 27.7 Å². The Labute approximate surface area is 147 Å². The molecule has 0 amide bonds. The maximum Gasteiger partial charge on any atom is 0.236 e. The molecule has 0 N–H and O–H groups in total. The van der Waals surface area contributed by atoms with E-state index in [9.17, 15) is 8.42 Å². The number of pyridine rings is 1. The van der Waals surface area contributed by atoms with E-state index in [1.54, 1.807) is 42.7 Å². The van der Waals surface area contributed by atoms with Gasteiger partial charge in [-0.25, -0.2) is 8.42 Å². The number of benzene rings is 1. The van der Waals surface area contributed by atoms with E-state index >= 15 is 0 Å². The van der Waals surface area contributed by atoms with E-state index in [2.05, 4.69) is 4.98 Å². The van der Waals surface area contributed by atoms with E-state index in [1.165, 1.54) is 22.9 Å². The number of hydrogen-bond acceptors (Lipinski definition) is 4. The Balaban J connectivity index is 2.21. The number of aromatic nitrogens is 1. The first-order chi connectivity index (χ1) is 11.5. The molecule has 5 nitrogen and oxygen atoms in total. The van der Waals surface area contributed by atoms with Crippen LogP contribution in [0.25, 0.3) is 6.08 Å². The Bertz CT molecular complexity index is 779. The Kier molecular flexibility index (Phi) is 6.93. The quantitative estimate of drug-likeness (QED) is 0.720. The van der Waals surface area contributed by atoms with Gasteiger partial charge in [-0.2, -0.15) is 4.31 Å². The Morgan fingerprint density at radius 3 is 2.71 bits per heavy atom. The van der Waals surface area contributed by atoms with Crippen LogP contribution in [0.3, 0.4) is 0 Å². The molecule has 0 spiro atoms. The molecule has 1 aromatic heterocycles. The minimum atomic E-state index is -3.62. The van der Waals surface area contributed by atoms with Gasteiger partial charge in [0.05, 0.1) is 6.61 Å². The van der Waals surface area contributed by atoms with Gasteiger partial charge in [0.1, 0.15) is 0 Å². The van der Waals surface area contributed by atoms with Gasteiger partial charge in [-0.1, -0.05) is 35.9 Å². The van der Waals surface area contributed by atoms with Crippen LogP contribution in [0.15, 0.2) is 54.2 Å². The van der Waals surface area contributed by atoms with E-state index in [0.29, 0.717) is 17.2 Å². The van der Waals surface area contributed by atoms with Gasteiger partial charge in [0.25, 0.3) is 0 Å². The molecular formula is C17H19ClN2O3S. The largest absolute Gasteiger partial charge is 0.383 e. The third kappa shape index (κ3) is 5.42. The SMILES string of the molecule is COCCN(Cc1cccnc1)S(=O)(=O)/C=C/c1ccccc1Cl. The zero-order chi connectivity index (χ0) is 17.4. The Hall–Kier alpha value is -1.73. The molecule has 0 unspecified atom stereocenters. The number of rotatable bonds is 8. The number of halogens is 1. The summed E-state index contributed by atoms with van der Waals surface area (Å²) in [5.41, 5.74) is 1.46. The summed E-state index contributed by atoms with van der Waals surface area (Å²) in [6.07, 6.45) is 4.79. The number of nitrogens with zero attached hydrogens (tertiary/aromatic N) is 2. The average molecular weight is 367 g/mol. The molecule has 0 fully saturated rings. The van der Waals surface area contributed by atoms with Crippen LogP contribution in [0.4, 0.5) is 0 Å². The predicted octanol–water partition coefficient (Wildman–Crippen LogP) is 3.18. The predicted molar refractivity (Wildman–Crippen MR) is 95.9 cm³/mol. The molecule has 2 aromatic rings. The third-order valence-corrected chi connectivity index (χ3v) is 5.17. The van der Waals surface area contributed by atoms with Crippen molar-refractivity contribution < 1.29 is 13.2 Å². The molecule has 0 aliphatic heterocycles. The van der Waals surface area contributed by atoms with Gasteiger partial charge in [0.2, 0.25) is 10.0 Å². The third-order valence-electron chi connectivity index (χ3n) is 3.31. The molecule has 0 aliphatic carbocycles. The van der Waals surface area contributed by atoms with Crippen molar-refractivity contribution in [1.29, 1.82) is 0 Å². The summed E-state index contributed by atoms with van der Waals surface area (Å²) in [5, 5.41) is 1.67. The summed E-state index contributed by atoms with van der Waals surface area (Å²) in [6, 6.07) is 10.7. The lowest BCUT2D eigenvalue weighted by Gasteiger charge is -2.19. The smallest absolute Gasteiger partial charge is 0.236 e. The fourth-order valence-electron chi connectivity index (χ4n) is 2.04. The topological polar surface area (TPSA) is 59.5 Å². The highest BCUT2D eigenvalue weighted by Crippen LogP contribution is 2.18. The van der Waals surface area contributed by atoms with Crippen LogP contribution in [0.2, 0.25) is 5.02 Å². The van der Waals surface area contributed by atoms with E-state index in [1.807, 2.05) is 6.07 Å². The highest BCUT2D eigenvalue weighted by atomic mass is 35.5. The summed E-state index contributed by atoms with van der Waals surface area (Å²) in [7, 11) is -2.09. The fraction of sp³-hybridized carbons (Fsp3) is 0.235. The van der Waals surface area contributed by atoms with Crippen LogP contribution in [0.5, 0.6) is 0 Å². The Morgan fingerprint density at radius 2 is 2.04 bits per heavy atom. The number of sulfonamides is 1. The van der Waals surface area contributed by atoms with Crippen molar-refractivity contribution in [3.63, 3.8) is 0 Å². The van der Waals surface area contributed by atoms with Gasteiger partial charge < -0.3 is 4.74 Å². The molecule has 7 heteroatoms. The summed E-state index contributed by atoms with van der Waals surface area (Å²) < 4.78 is 31.7. The molecular weight excluding hydrogens is 348 g/mol. The van der Waals surface area contributed by atoms with Crippen molar-refractivity contribution in [2.24, 2.45) is 0 Å². The zero-order valence-corrected chi connectivity index (χ0v) is 14.9. The van der Waals surface area contributed by atoms with Crippen molar-refractivity contribution in [2.75, 3.05) is 20.3 Å². The zero-order valence-electron chi connectivity index (χ0n) is 13.3. The standard InChI is InChI=1S/C17H19ClN2O3S/c1-23-11-10-20(14-15-5-4-9-19-13-15)24(21,22)12-8-16-6-2-3-7-17(16)18/h2-9,12-13H,10-11,14H2,1H3/b12-8+. The van der Waals surface area contributed by atoms with Crippen LogP contribution in [0.1, 0.15) is 11.1 Å². The van der Waals surface area contributed by atoms with Gasteiger partial charge >= 0.3 is 0 Å². The number of ether oxygens (including phenoxy) is 1. The van der Waals surface area contributed by atoms with Crippen LogP contribution in [-0.2, 0) is 21.3 Å². The molecule has 24 heavy (non-hydrogen) atoms. The van der Waals surface area contributed by atoms with Crippen molar-refractivity contribution in [3.05, 3.63) is 70.3 Å². The molecule has 0 saturated carbocycles. The summed E-state index contributed by atoms with van der Waals surface area (Å²) in [6.45, 7) is 0.784. The number of methoxy groups -OCH3 is 1. The van der Waals surface area contributed by atoms with E-state index in [4.69, 9.17) is 16.3 Å². The second kappa shape index (κ2) is 8.94. The van der Waals surface area contributed by atoms with Gasteiger partial charge in [-0.15, -0.1) is 0 Å². The van der Waals surface area contributed by atoms with E-state index in [0.717, 1.165) is 5.56 Å². The molecule has 0 aliphatic rings. The minimum absolute atomic E-state index is 0.229. The van der Waals surface area contributed by atoms with E-state index in [-0.39, 0.29) is 13.1 Å². The van der Waals surface area contributed by atoms with Crippen LogP contribution < -0.4 is 0 Å². The molecule has 1 aromatic carbocycles. The fourth-order valence-corrected chi connectivity index (χ4v) is 3.39. The van der Waals surface area contributed by atoms with Gasteiger partial charge in [-0.05, 0) is 29.3 Å². The Morgan fingerprint density at radius 1 is 1.25 bits per heavy atom. The van der Waals surface area contributed by atoms with Crippen LogP contribution in [-0.4, -0.2) is 38.0 Å². The lowest BCUT2D eigenvalue weighted by Crippen LogP contribution is -2.32. The molecule has 128 valence electrons. The molecule has 0 saturated heterocycles. The molecule has 0 bridgehead atoms. The number of hydrogen-bond donors (Lipinski definition) is 0. The maximum absolute atomic E-state index is 12.6. The molecule has 0 radical (unpaired) electrons. The molecule has 1 heterocycles. The lowest BCUT2D eigenvalue weighted by molar-refractivity contribution is 0.178. The second-order valence-corrected chi connectivity index (χ2v) is 7.28. The molecule has 0 atom stereocenters. The van der Waals surface area contributed by atoms with Crippen molar-refractivity contribution in [2.45, 2.75) is 6.54 Å². The second-order valence-electron chi connectivity index (χ2n) is 5.06. The van der Waals surface area contributed by atoms with Crippen molar-refractivity contribution in [1.82, 2.24) is 9.29 Å². The first kappa shape index (κ1) is 18.6. The minimum Gasteiger partial charge on any atom is -0.383 e. The van der Waals surface area contributed by atoms with Gasteiger partial charge in [-0.3, -0.25) is 4.98 Å². The van der Waals surface area contributed by atoms with Gasteiger partial charge in [0.15, 0.2) is 0 Å². The normalized spacial score (nSPS) is 12.1.